The third kappa shape index (κ3) is 15.3. The topological polar surface area (TPSA) is 131 Å². The summed E-state index contributed by atoms with van der Waals surface area (Å²) in [5.41, 5.74) is 36.1. The first kappa shape index (κ1) is 76.6. The molecule has 0 saturated heterocycles. The van der Waals surface area contributed by atoms with Crippen LogP contribution in [0.15, 0.2) is 269 Å². The van der Waals surface area contributed by atoms with E-state index in [1.54, 1.807) is 18.3 Å². The minimum atomic E-state index is -2.12. The number of aromatic nitrogens is 20. The van der Waals surface area contributed by atoms with Crippen molar-refractivity contribution < 1.29 is 26.9 Å². The molecular weight excluding hydrogens is 1490 g/mol. The van der Waals surface area contributed by atoms with Crippen LogP contribution in [0.2, 0.25) is 0 Å². The van der Waals surface area contributed by atoms with Crippen LogP contribution in [0, 0.1) is 76.1 Å². The van der Waals surface area contributed by atoms with Gasteiger partial charge >= 0.3 is 0 Å². The predicted molar refractivity (Wildman–Crippen MR) is 483 cm³/mol. The van der Waals surface area contributed by atoms with Crippen LogP contribution < -0.4 is 22.8 Å². The number of nitrogens with zero attached hydrogens (tertiary/aromatic N) is 20. The molecule has 606 valence electrons. The highest BCUT2D eigenvalue weighted by Gasteiger charge is 2.29. The molecule has 0 atom stereocenters. The molecule has 20 nitrogen and oxygen atoms in total. The summed E-state index contributed by atoms with van der Waals surface area (Å²) in [4.78, 5) is 22.1. The van der Waals surface area contributed by atoms with Gasteiger partial charge in [-0.2, -0.15) is 22.8 Å². The zero-order chi connectivity index (χ0) is 87.6. The lowest BCUT2D eigenvalue weighted by Crippen LogP contribution is -2.35. The van der Waals surface area contributed by atoms with Gasteiger partial charge in [-0.25, -0.2) is 24.9 Å². The number of imidazole rings is 10. The summed E-state index contributed by atoms with van der Waals surface area (Å²) in [7, 11) is 20.8. The molecule has 0 saturated carbocycles. The van der Waals surface area contributed by atoms with Crippen LogP contribution in [-0.4, -0.2) is 69.8 Å². The van der Waals surface area contributed by atoms with E-state index in [4.69, 9.17) is 4.11 Å². The third-order valence-electron chi connectivity index (χ3n) is 23.7. The van der Waals surface area contributed by atoms with Crippen molar-refractivity contribution in [2.24, 2.45) is 70.5 Å². The largest absolute Gasteiger partial charge is 0.308 e. The molecule has 0 aliphatic heterocycles. The van der Waals surface area contributed by atoms with E-state index >= 15 is 0 Å². The molecule has 0 N–H and O–H groups in total. The van der Waals surface area contributed by atoms with E-state index in [-0.39, 0.29) is 0 Å². The smallest absolute Gasteiger partial charge is 0.231 e. The van der Waals surface area contributed by atoms with Crippen LogP contribution in [0.4, 0.5) is 0 Å². The maximum absolute atomic E-state index is 7.72. The minimum Gasteiger partial charge on any atom is -0.308 e. The average molecular weight is 1600 g/mol. The van der Waals surface area contributed by atoms with Crippen molar-refractivity contribution in [1.29, 1.82) is 0 Å². The standard InChI is InChI=1S/C21H23N4.4C20H21N4/c1-14-6-7-17(16(3)10-14)18-11-15(2)12-19(23(18)4)20-13-25-9-8-22-21(25)24(20)5;1-14-8-9-16(15(2)12-14)17-6-5-7-18(22(17)3)19-13-24-11-10-21-20(24)23(19)4;2*1-14-8-9-15(2)16(12-14)17-6-5-7-18(22(17)3)19-13-24-11-10-21-20(24)23(19)4;1-14-11-17(16-8-6-5-7-15(16)2)22(3)18(12-14)19-13-24-10-9-21-20(24)23(19)4/h6-13H,1-5H3;4*5-13H,1-4H3/q5*+1/i;;1D3;;. The molecule has 5 aromatic carbocycles. The summed E-state index contributed by atoms with van der Waals surface area (Å²) in [6, 6.07) is 61.7. The summed E-state index contributed by atoms with van der Waals surface area (Å²) in [6.07, 6.45) is 29.5. The van der Waals surface area contributed by atoms with E-state index in [9.17, 15) is 0 Å². The Morgan fingerprint density at radius 1 is 0.231 bits per heavy atom. The molecule has 0 unspecified atom stereocenters. The Bertz CT molecular complexity index is 7450. The van der Waals surface area contributed by atoms with Crippen molar-refractivity contribution in [3.63, 3.8) is 0 Å². The fourth-order valence-corrected chi connectivity index (χ4v) is 17.1. The van der Waals surface area contributed by atoms with Gasteiger partial charge in [0.25, 0.3) is 0 Å². The molecule has 0 spiro atoms. The average Bonchev–Trinajstić information content (AvgIpc) is 1.60. The summed E-state index contributed by atoms with van der Waals surface area (Å²) in [5, 5.41) is 0. The first-order valence-electron chi connectivity index (χ1n) is 42.2. The summed E-state index contributed by atoms with van der Waals surface area (Å²) >= 11 is 0. The molecular formula is C101H107N20+5. The van der Waals surface area contributed by atoms with Gasteiger partial charge in [-0.15, -0.1) is 0 Å². The highest BCUT2D eigenvalue weighted by Crippen LogP contribution is 2.33. The molecule has 0 aliphatic carbocycles. The lowest BCUT2D eigenvalue weighted by atomic mass is 10.0. The zero-order valence-corrected chi connectivity index (χ0v) is 72.8. The molecule has 20 aromatic rings. The van der Waals surface area contributed by atoms with E-state index in [2.05, 4.69) is 373 Å². The molecule has 121 heavy (non-hydrogen) atoms. The molecule has 0 bridgehead atoms. The van der Waals surface area contributed by atoms with Gasteiger partial charge in [-0.05, 0) is 164 Å². The molecule has 0 radical (unpaired) electrons. The van der Waals surface area contributed by atoms with E-state index in [1.165, 1.54) is 118 Å². The maximum Gasteiger partial charge on any atom is 0.231 e. The fraction of sp³-hybridized carbons (Fsp3) is 0.208. The Morgan fingerprint density at radius 3 is 0.835 bits per heavy atom. The van der Waals surface area contributed by atoms with E-state index in [1.807, 2.05) is 110 Å². The monoisotopic (exact) mass is 1600 g/mol. The van der Waals surface area contributed by atoms with Gasteiger partial charge in [0.15, 0.2) is 0 Å². The summed E-state index contributed by atoms with van der Waals surface area (Å²) < 4.78 is 55.1. The van der Waals surface area contributed by atoms with E-state index in [0.717, 1.165) is 79.9 Å². The van der Waals surface area contributed by atoms with Gasteiger partial charge in [0.05, 0.1) is 0 Å². The molecule has 20 heteroatoms. The van der Waals surface area contributed by atoms with Crippen LogP contribution in [0.3, 0.4) is 0 Å². The number of pyridine rings is 5. The van der Waals surface area contributed by atoms with Crippen molar-refractivity contribution in [3.05, 3.63) is 330 Å². The lowest BCUT2D eigenvalue weighted by Gasteiger charge is -2.10. The maximum atomic E-state index is 7.72. The predicted octanol–water partition coefficient (Wildman–Crippen LogP) is 17.5. The van der Waals surface area contributed by atoms with Crippen molar-refractivity contribution in [2.45, 2.75) is 76.1 Å². The second-order valence-corrected chi connectivity index (χ2v) is 32.1. The SMILES string of the molecule is Cc1cc(-c2ccccc2C)[n+](C)c(-c2cn3ccnc3n2C)c1.Cc1ccc(-c2cc(C)cc(-c3cn4ccnc4n3C)[n+]2C)c(C)c1.Cc1ccc(-c2cccc(-c3cn4ccnc4n3C)[n+]2C)c(C)c1.Cc1ccc(C)c(-c2cccc(-c3cn4ccnc4n3C)[n+]2C)c1.[2H]C([2H])([2H])c1ccc(C)c(-c2cccc(-c3cn4ccnc4n3C)[n+]2C)c1. The number of hydrogen-bond acceptors (Lipinski definition) is 5. The Kier molecular flexibility index (Phi) is 20.8. The van der Waals surface area contributed by atoms with Crippen LogP contribution >= 0.6 is 0 Å². The Labute approximate surface area is 711 Å². The molecule has 15 aromatic heterocycles. The highest BCUT2D eigenvalue weighted by atomic mass is 15.2. The van der Waals surface area contributed by atoms with Crippen molar-refractivity contribution >= 4 is 28.9 Å². The Balaban J connectivity index is 0.000000115. The normalized spacial score (nSPS) is 11.8. The molecule has 0 aliphatic rings. The third-order valence-corrected chi connectivity index (χ3v) is 23.7. The number of hydrogen-bond donors (Lipinski definition) is 0. The number of benzene rings is 5. The van der Waals surface area contributed by atoms with Gasteiger partial charge in [-0.1, -0.05) is 89.0 Å². The van der Waals surface area contributed by atoms with Gasteiger partial charge in [-0.3, -0.25) is 22.0 Å². The molecule has 20 rings (SSSR count). The van der Waals surface area contributed by atoms with Crippen molar-refractivity contribution in [1.82, 2.24) is 69.8 Å². The second-order valence-electron chi connectivity index (χ2n) is 32.1. The first-order valence-corrected chi connectivity index (χ1v) is 40.7. The lowest BCUT2D eigenvalue weighted by molar-refractivity contribution is -0.649. The van der Waals surface area contributed by atoms with Gasteiger partial charge in [0.2, 0.25) is 85.8 Å². The highest BCUT2D eigenvalue weighted by molar-refractivity contribution is 5.71. The number of rotatable bonds is 10. The van der Waals surface area contributed by atoms with Crippen molar-refractivity contribution in [2.75, 3.05) is 0 Å². The molecule has 15 heterocycles. The van der Waals surface area contributed by atoms with Gasteiger partial charge < -0.3 is 22.8 Å². The van der Waals surface area contributed by atoms with E-state index in [0.29, 0.717) is 5.56 Å². The quantitative estimate of drug-likeness (QED) is 0.126. The van der Waals surface area contributed by atoms with Crippen LogP contribution in [0.5, 0.6) is 0 Å². The fourth-order valence-electron chi connectivity index (χ4n) is 17.1. The molecule has 0 amide bonds. The van der Waals surface area contributed by atoms with Crippen LogP contribution in [0.25, 0.3) is 142 Å². The Morgan fingerprint density at radius 2 is 0.496 bits per heavy atom. The second kappa shape index (κ2) is 32.8. The van der Waals surface area contributed by atoms with Gasteiger partial charge in [0, 0.05) is 221 Å². The minimum absolute atomic E-state index is 0.353. The summed E-state index contributed by atoms with van der Waals surface area (Å²) in [5.74, 6) is 4.66. The van der Waals surface area contributed by atoms with Crippen LogP contribution in [0.1, 0.15) is 65.3 Å². The Hall–Kier alpha value is -14.4. The van der Waals surface area contributed by atoms with Gasteiger partial charge in [0.1, 0.15) is 63.7 Å². The number of fused-ring (bicyclic) bond motifs is 5. The van der Waals surface area contributed by atoms with Crippen molar-refractivity contribution in [3.8, 4) is 113 Å². The van der Waals surface area contributed by atoms with Crippen LogP contribution in [-0.2, 0) is 70.5 Å². The first-order chi connectivity index (χ1) is 59.4. The summed E-state index contributed by atoms with van der Waals surface area (Å²) in [6.45, 7) is 19.3. The molecule has 0 fully saturated rings. The number of aryl methyl sites for hydroxylation is 16. The zero-order valence-electron chi connectivity index (χ0n) is 75.8. The van der Waals surface area contributed by atoms with E-state index < -0.39 is 6.85 Å².